The highest BCUT2D eigenvalue weighted by atomic mass is 35.5. The Morgan fingerprint density at radius 3 is 2.64 bits per heavy atom. The van der Waals surface area contributed by atoms with Crippen molar-refractivity contribution in [3.8, 4) is 17.2 Å². The summed E-state index contributed by atoms with van der Waals surface area (Å²) in [6, 6.07) is 12.9. The molecule has 7 nitrogen and oxygen atoms in total. The van der Waals surface area contributed by atoms with E-state index in [1.807, 2.05) is 30.3 Å². The lowest BCUT2D eigenvalue weighted by Crippen LogP contribution is -2.20. The van der Waals surface area contributed by atoms with Crippen LogP contribution in [-0.2, 0) is 11.2 Å². The number of carbonyl (C=O) groups is 1. The van der Waals surface area contributed by atoms with E-state index >= 15 is 0 Å². The molecule has 2 aromatic carbocycles. The summed E-state index contributed by atoms with van der Waals surface area (Å²) in [4.78, 5) is 23.8. The van der Waals surface area contributed by atoms with E-state index in [4.69, 9.17) is 32.7 Å². The number of imidazole rings is 1. The third kappa shape index (κ3) is 3.98. The second-order valence-electron chi connectivity index (χ2n) is 8.16. The lowest BCUT2D eigenvalue weighted by molar-refractivity contribution is -0.116. The third-order valence-corrected chi connectivity index (χ3v) is 6.56. The van der Waals surface area contributed by atoms with E-state index in [-0.39, 0.29) is 17.9 Å². The van der Waals surface area contributed by atoms with Crippen LogP contribution in [0.2, 0.25) is 10.0 Å². The Hall–Kier alpha value is -3.29. The van der Waals surface area contributed by atoms with Gasteiger partial charge in [-0.2, -0.15) is 0 Å². The molecule has 2 aliphatic rings. The van der Waals surface area contributed by atoms with Crippen LogP contribution in [0.1, 0.15) is 30.1 Å². The monoisotopic (exact) mass is 480 g/mol. The Balaban J connectivity index is 1.12. The van der Waals surface area contributed by atoms with Gasteiger partial charge in [0.1, 0.15) is 35.0 Å². The van der Waals surface area contributed by atoms with Gasteiger partial charge in [-0.25, -0.2) is 9.97 Å². The summed E-state index contributed by atoms with van der Waals surface area (Å²) >= 11 is 12.2. The molecule has 0 unspecified atom stereocenters. The molecule has 6 rings (SSSR count). The number of amides is 1. The molecule has 0 bridgehead atoms. The molecule has 1 saturated carbocycles. The maximum Gasteiger partial charge on any atom is 0.225 e. The number of fused-ring (bicyclic) bond motifs is 2. The Morgan fingerprint density at radius 2 is 1.79 bits per heavy atom. The molecule has 166 valence electrons. The molecule has 1 fully saturated rings. The minimum absolute atomic E-state index is 0.0257. The normalized spacial score (nSPS) is 19.2. The molecule has 33 heavy (non-hydrogen) atoms. The van der Waals surface area contributed by atoms with E-state index in [2.05, 4.69) is 20.3 Å². The molecule has 0 spiro atoms. The summed E-state index contributed by atoms with van der Waals surface area (Å²) in [5.74, 6) is 3.77. The van der Waals surface area contributed by atoms with Gasteiger partial charge in [0.15, 0.2) is 0 Å². The Morgan fingerprint density at radius 1 is 1.00 bits per heavy atom. The van der Waals surface area contributed by atoms with Crippen molar-refractivity contribution in [3.05, 3.63) is 70.1 Å². The Labute approximate surface area is 199 Å². The highest BCUT2D eigenvalue weighted by Crippen LogP contribution is 2.43. The molecule has 1 amide bonds. The van der Waals surface area contributed by atoms with Crippen molar-refractivity contribution in [2.45, 2.75) is 31.3 Å². The third-order valence-electron chi connectivity index (χ3n) is 5.84. The smallest absolute Gasteiger partial charge is 0.225 e. The highest BCUT2D eigenvalue weighted by molar-refractivity contribution is 6.42. The second kappa shape index (κ2) is 7.93. The molecule has 1 aliphatic heterocycles. The van der Waals surface area contributed by atoms with E-state index in [0.29, 0.717) is 40.2 Å². The van der Waals surface area contributed by atoms with E-state index in [1.54, 1.807) is 18.3 Å². The average molecular weight is 481 g/mol. The van der Waals surface area contributed by atoms with Crippen LogP contribution in [0.25, 0.3) is 11.0 Å². The van der Waals surface area contributed by atoms with Crippen LogP contribution >= 0.6 is 23.2 Å². The molecule has 0 radical (unpaired) electrons. The van der Waals surface area contributed by atoms with Crippen LogP contribution in [0.4, 0.5) is 5.82 Å². The van der Waals surface area contributed by atoms with Crippen LogP contribution in [0, 0.1) is 0 Å². The minimum Gasteiger partial charge on any atom is -0.490 e. The molecule has 2 atom stereocenters. The van der Waals surface area contributed by atoms with Crippen molar-refractivity contribution < 1.29 is 14.3 Å². The fraction of sp³-hybridized carbons (Fsp3) is 0.208. The quantitative estimate of drug-likeness (QED) is 0.372. The maximum atomic E-state index is 11.6. The molecule has 1 aliphatic carbocycles. The van der Waals surface area contributed by atoms with Crippen LogP contribution in [0.5, 0.6) is 17.2 Å². The van der Waals surface area contributed by atoms with Crippen molar-refractivity contribution in [2.24, 2.45) is 0 Å². The predicted molar refractivity (Wildman–Crippen MR) is 126 cm³/mol. The van der Waals surface area contributed by atoms with Gasteiger partial charge in [-0.3, -0.25) is 4.79 Å². The largest absolute Gasteiger partial charge is 0.490 e. The number of ether oxygens (including phenoxy) is 2. The van der Waals surface area contributed by atoms with Gasteiger partial charge in [0, 0.05) is 18.2 Å². The first-order valence-electron chi connectivity index (χ1n) is 10.6. The zero-order valence-corrected chi connectivity index (χ0v) is 18.8. The first-order chi connectivity index (χ1) is 16.0. The van der Waals surface area contributed by atoms with Crippen molar-refractivity contribution in [2.75, 3.05) is 5.32 Å². The molecule has 4 aromatic rings. The second-order valence-corrected chi connectivity index (χ2v) is 8.98. The minimum atomic E-state index is -0.0257. The highest BCUT2D eigenvalue weighted by Gasteiger charge is 2.43. The standard InChI is InChI=1S/C24H18Cl2N4O3/c25-16-10-18-19(11-17(16)26)29-24(28-18)15-9-21(15)33-13-3-1-12(2-4-13)32-20-7-8-27-23-14(20)5-6-22(31)30-23/h1-4,7-8,10-11,15,21H,5-6,9H2,(H,28,29)(H,27,30,31)/t15-,21-/m1/s1. The number of carbonyl (C=O) groups excluding carboxylic acids is 1. The zero-order chi connectivity index (χ0) is 22.5. The summed E-state index contributed by atoms with van der Waals surface area (Å²) in [7, 11) is 0. The average Bonchev–Trinajstić information content (AvgIpc) is 3.45. The van der Waals surface area contributed by atoms with Gasteiger partial charge in [0.2, 0.25) is 5.91 Å². The van der Waals surface area contributed by atoms with Gasteiger partial charge in [-0.1, -0.05) is 23.2 Å². The van der Waals surface area contributed by atoms with Crippen LogP contribution in [0.15, 0.2) is 48.7 Å². The predicted octanol–water partition coefficient (Wildman–Crippen LogP) is 5.88. The number of halogens is 2. The summed E-state index contributed by atoms with van der Waals surface area (Å²) < 4.78 is 12.2. The Bertz CT molecular complexity index is 1350. The number of benzene rings is 2. The molecule has 9 heteroatoms. The number of pyridine rings is 1. The van der Waals surface area contributed by atoms with E-state index < -0.39 is 0 Å². The molecule has 0 saturated heterocycles. The first kappa shape index (κ1) is 20.3. The summed E-state index contributed by atoms with van der Waals surface area (Å²) in [5.41, 5.74) is 2.57. The molecule has 2 aromatic heterocycles. The number of nitrogens with one attached hydrogen (secondary N) is 2. The topological polar surface area (TPSA) is 89.1 Å². The number of rotatable bonds is 5. The maximum absolute atomic E-state index is 11.6. The zero-order valence-electron chi connectivity index (χ0n) is 17.3. The summed E-state index contributed by atoms with van der Waals surface area (Å²) in [6.07, 6.45) is 3.60. The van der Waals surface area contributed by atoms with Crippen molar-refractivity contribution in [1.82, 2.24) is 15.0 Å². The number of anilines is 1. The lowest BCUT2D eigenvalue weighted by atomic mass is 10.1. The molecular weight excluding hydrogens is 463 g/mol. The number of nitrogens with zero attached hydrogens (tertiary/aromatic N) is 2. The van der Waals surface area contributed by atoms with Crippen LogP contribution in [-0.4, -0.2) is 27.0 Å². The van der Waals surface area contributed by atoms with Gasteiger partial charge < -0.3 is 19.8 Å². The number of hydrogen-bond acceptors (Lipinski definition) is 5. The van der Waals surface area contributed by atoms with Gasteiger partial charge in [-0.05, 0) is 55.3 Å². The van der Waals surface area contributed by atoms with Gasteiger partial charge in [0.05, 0.1) is 27.0 Å². The van der Waals surface area contributed by atoms with Crippen LogP contribution < -0.4 is 14.8 Å². The number of aromatic nitrogens is 3. The SMILES string of the molecule is O=C1CCc2c(Oc3ccc(O[C@@H]4C[C@H]4c4nc5cc(Cl)c(Cl)cc5[nH]4)cc3)ccnc2N1. The first-order valence-corrected chi connectivity index (χ1v) is 11.4. The van der Waals surface area contributed by atoms with Crippen LogP contribution in [0.3, 0.4) is 0 Å². The number of hydrogen-bond donors (Lipinski definition) is 2. The van der Waals surface area contributed by atoms with E-state index in [0.717, 1.165) is 34.6 Å². The Kier molecular flexibility index (Phi) is 4.89. The fourth-order valence-corrected chi connectivity index (χ4v) is 4.35. The van der Waals surface area contributed by atoms with Crippen molar-refractivity contribution in [3.63, 3.8) is 0 Å². The number of H-pyrrole nitrogens is 1. The molecular formula is C24H18Cl2N4O3. The lowest BCUT2D eigenvalue weighted by Gasteiger charge is -2.18. The van der Waals surface area contributed by atoms with Crippen molar-refractivity contribution >= 4 is 46.0 Å². The van der Waals surface area contributed by atoms with Gasteiger partial charge >= 0.3 is 0 Å². The van der Waals surface area contributed by atoms with E-state index in [1.165, 1.54) is 0 Å². The van der Waals surface area contributed by atoms with Gasteiger partial charge in [-0.15, -0.1) is 0 Å². The molecule has 3 heterocycles. The molecule has 2 N–H and O–H groups in total. The van der Waals surface area contributed by atoms with Crippen molar-refractivity contribution in [1.29, 1.82) is 0 Å². The van der Waals surface area contributed by atoms with Gasteiger partial charge in [0.25, 0.3) is 0 Å². The number of aromatic amines is 1. The summed E-state index contributed by atoms with van der Waals surface area (Å²) in [5, 5.41) is 3.78. The van der Waals surface area contributed by atoms with E-state index in [9.17, 15) is 4.79 Å². The summed E-state index contributed by atoms with van der Waals surface area (Å²) in [6.45, 7) is 0. The fourth-order valence-electron chi connectivity index (χ4n) is 4.03.